The van der Waals surface area contributed by atoms with E-state index in [2.05, 4.69) is 25.2 Å². The molecule has 0 bridgehead atoms. The van der Waals surface area contributed by atoms with Crippen LogP contribution in [-0.4, -0.2) is 54.1 Å². The first kappa shape index (κ1) is 14.3. The fraction of sp³-hybridized carbons (Fsp3) is 0.692. The Morgan fingerprint density at radius 3 is 2.86 bits per heavy atom. The van der Waals surface area contributed by atoms with Gasteiger partial charge in [-0.1, -0.05) is 0 Å². The minimum Gasteiger partial charge on any atom is -0.353 e. The number of halogens is 1. The maximum absolute atomic E-state index is 11.5. The number of hydrogen-bond donors (Lipinski definition) is 1. The number of piperidine rings is 2. The number of anilines is 2. The summed E-state index contributed by atoms with van der Waals surface area (Å²) in [6.45, 7) is 1.66. The molecule has 2 saturated heterocycles. The van der Waals surface area contributed by atoms with Crippen molar-refractivity contribution in [3.8, 4) is 0 Å². The molecule has 7 nitrogen and oxygen atoms in total. The Morgan fingerprint density at radius 1 is 1.29 bits per heavy atom. The number of rotatable bonds is 2. The second kappa shape index (κ2) is 5.63. The highest BCUT2D eigenvalue weighted by Gasteiger charge is 2.34. The number of amides is 1. The molecular weight excluding hydrogens is 292 g/mol. The Labute approximate surface area is 128 Å². The summed E-state index contributed by atoms with van der Waals surface area (Å²) in [5, 5.41) is 3.29. The normalized spacial score (nSPS) is 25.3. The molecule has 2 atom stereocenters. The van der Waals surface area contributed by atoms with Crippen LogP contribution in [0.3, 0.4) is 0 Å². The number of fused-ring (bicyclic) bond motifs is 1. The van der Waals surface area contributed by atoms with Gasteiger partial charge in [0.25, 0.3) is 0 Å². The van der Waals surface area contributed by atoms with Gasteiger partial charge >= 0.3 is 0 Å². The van der Waals surface area contributed by atoms with Crippen LogP contribution in [0.5, 0.6) is 0 Å². The van der Waals surface area contributed by atoms with Crippen LogP contribution in [0, 0.1) is 5.92 Å². The van der Waals surface area contributed by atoms with Crippen molar-refractivity contribution in [2.75, 3.05) is 37.0 Å². The van der Waals surface area contributed by atoms with E-state index in [-0.39, 0.29) is 17.2 Å². The summed E-state index contributed by atoms with van der Waals surface area (Å²) in [5.74, 6) is 1.80. The highest BCUT2D eigenvalue weighted by molar-refractivity contribution is 6.28. The Bertz CT molecular complexity index is 551. The summed E-state index contributed by atoms with van der Waals surface area (Å²) in [6, 6.07) is 0.285. The molecule has 1 amide bonds. The first-order valence-corrected chi connectivity index (χ1v) is 7.54. The molecular formula is C13H19ClN6O. The molecule has 21 heavy (non-hydrogen) atoms. The van der Waals surface area contributed by atoms with Crippen molar-refractivity contribution in [2.45, 2.75) is 25.3 Å². The van der Waals surface area contributed by atoms with E-state index in [1.807, 2.05) is 19.0 Å². The summed E-state index contributed by atoms with van der Waals surface area (Å²) >= 11 is 6.00. The Kier molecular flexibility index (Phi) is 3.84. The molecule has 0 spiro atoms. The predicted octanol–water partition coefficient (Wildman–Crippen LogP) is 0.696. The molecule has 1 N–H and O–H groups in total. The zero-order valence-electron chi connectivity index (χ0n) is 12.2. The molecule has 114 valence electrons. The van der Waals surface area contributed by atoms with E-state index in [0.29, 0.717) is 24.2 Å². The SMILES string of the molecule is CN(C)c1nc(Cl)nc(N2CCC3NC(=O)CCC3C2)n1. The summed E-state index contributed by atoms with van der Waals surface area (Å²) in [6.07, 6.45) is 2.44. The van der Waals surface area contributed by atoms with Crippen LogP contribution in [0.2, 0.25) is 5.28 Å². The van der Waals surface area contributed by atoms with Crippen LogP contribution in [0.25, 0.3) is 0 Å². The van der Waals surface area contributed by atoms with Gasteiger partial charge in [0.2, 0.25) is 23.1 Å². The average Bonchev–Trinajstić information content (AvgIpc) is 2.46. The van der Waals surface area contributed by atoms with Crippen molar-refractivity contribution in [1.82, 2.24) is 20.3 Å². The topological polar surface area (TPSA) is 74.2 Å². The molecule has 1 aromatic rings. The highest BCUT2D eigenvalue weighted by atomic mass is 35.5. The van der Waals surface area contributed by atoms with Gasteiger partial charge in [-0.15, -0.1) is 0 Å². The lowest BCUT2D eigenvalue weighted by Gasteiger charge is -2.41. The zero-order valence-corrected chi connectivity index (χ0v) is 13.0. The van der Waals surface area contributed by atoms with E-state index < -0.39 is 0 Å². The molecule has 2 unspecified atom stereocenters. The predicted molar refractivity (Wildman–Crippen MR) is 80.6 cm³/mol. The van der Waals surface area contributed by atoms with Gasteiger partial charge in [0, 0.05) is 39.6 Å². The lowest BCUT2D eigenvalue weighted by molar-refractivity contribution is -0.124. The third-order valence-electron chi connectivity index (χ3n) is 4.09. The van der Waals surface area contributed by atoms with Crippen molar-refractivity contribution in [3.63, 3.8) is 0 Å². The first-order chi connectivity index (χ1) is 10.0. The molecule has 2 fully saturated rings. The minimum atomic E-state index is 0.169. The molecule has 1 aromatic heterocycles. The molecule has 8 heteroatoms. The summed E-state index contributed by atoms with van der Waals surface area (Å²) < 4.78 is 0. The molecule has 0 radical (unpaired) electrons. The molecule has 3 heterocycles. The van der Waals surface area contributed by atoms with E-state index in [1.165, 1.54) is 0 Å². The first-order valence-electron chi connectivity index (χ1n) is 7.16. The summed E-state index contributed by atoms with van der Waals surface area (Å²) in [7, 11) is 3.75. The van der Waals surface area contributed by atoms with Crippen LogP contribution in [-0.2, 0) is 4.79 Å². The quantitative estimate of drug-likeness (QED) is 0.866. The highest BCUT2D eigenvalue weighted by Crippen LogP contribution is 2.28. The van der Waals surface area contributed by atoms with Crippen LogP contribution in [0.1, 0.15) is 19.3 Å². The van der Waals surface area contributed by atoms with Gasteiger partial charge in [0.05, 0.1) is 0 Å². The number of nitrogens with zero attached hydrogens (tertiary/aromatic N) is 5. The maximum Gasteiger partial charge on any atom is 0.231 e. The second-order valence-corrected chi connectivity index (χ2v) is 6.14. The van der Waals surface area contributed by atoms with Gasteiger partial charge in [-0.25, -0.2) is 0 Å². The molecule has 2 aliphatic rings. The fourth-order valence-electron chi connectivity index (χ4n) is 2.96. The summed E-state index contributed by atoms with van der Waals surface area (Å²) in [5.41, 5.74) is 0. The van der Waals surface area contributed by atoms with Gasteiger partial charge in [0.15, 0.2) is 0 Å². The van der Waals surface area contributed by atoms with Gasteiger partial charge in [-0.3, -0.25) is 4.79 Å². The third-order valence-corrected chi connectivity index (χ3v) is 4.26. The van der Waals surface area contributed by atoms with Gasteiger partial charge in [0.1, 0.15) is 0 Å². The van der Waals surface area contributed by atoms with Crippen LogP contribution >= 0.6 is 11.6 Å². The molecule has 0 saturated carbocycles. The van der Waals surface area contributed by atoms with Crippen molar-refractivity contribution in [2.24, 2.45) is 5.92 Å². The Balaban J connectivity index is 1.78. The van der Waals surface area contributed by atoms with Gasteiger partial charge in [-0.2, -0.15) is 15.0 Å². The largest absolute Gasteiger partial charge is 0.353 e. The minimum absolute atomic E-state index is 0.169. The van der Waals surface area contributed by atoms with E-state index in [0.717, 1.165) is 25.9 Å². The number of carbonyl (C=O) groups excluding carboxylic acids is 1. The number of carbonyl (C=O) groups is 1. The Hall–Kier alpha value is -1.63. The average molecular weight is 311 g/mol. The maximum atomic E-state index is 11.5. The lowest BCUT2D eigenvalue weighted by Crippen LogP contribution is -2.54. The number of aromatic nitrogens is 3. The fourth-order valence-corrected chi connectivity index (χ4v) is 3.11. The third kappa shape index (κ3) is 3.02. The standard InChI is InChI=1S/C13H19ClN6O/c1-19(2)12-16-11(14)17-13(18-12)20-6-5-9-8(7-20)3-4-10(21)15-9/h8-9H,3-7H2,1-2H3,(H,15,21). The molecule has 0 aliphatic carbocycles. The van der Waals surface area contributed by atoms with E-state index in [4.69, 9.17) is 11.6 Å². The van der Waals surface area contributed by atoms with E-state index in [1.54, 1.807) is 0 Å². The lowest BCUT2D eigenvalue weighted by atomic mass is 9.85. The van der Waals surface area contributed by atoms with Crippen molar-refractivity contribution < 1.29 is 4.79 Å². The van der Waals surface area contributed by atoms with Crippen LogP contribution in [0.15, 0.2) is 0 Å². The van der Waals surface area contributed by atoms with E-state index in [9.17, 15) is 4.79 Å². The van der Waals surface area contributed by atoms with Crippen LogP contribution < -0.4 is 15.1 Å². The monoisotopic (exact) mass is 310 g/mol. The van der Waals surface area contributed by atoms with Crippen molar-refractivity contribution in [3.05, 3.63) is 5.28 Å². The van der Waals surface area contributed by atoms with Crippen LogP contribution in [0.4, 0.5) is 11.9 Å². The van der Waals surface area contributed by atoms with Crippen molar-refractivity contribution in [1.29, 1.82) is 0 Å². The molecule has 3 rings (SSSR count). The Morgan fingerprint density at radius 2 is 2.10 bits per heavy atom. The second-order valence-electron chi connectivity index (χ2n) is 5.81. The molecule has 2 aliphatic heterocycles. The number of nitrogens with one attached hydrogen (secondary N) is 1. The van der Waals surface area contributed by atoms with Gasteiger partial charge < -0.3 is 15.1 Å². The van der Waals surface area contributed by atoms with Crippen molar-refractivity contribution >= 4 is 29.4 Å². The zero-order chi connectivity index (χ0) is 15.0. The van der Waals surface area contributed by atoms with Gasteiger partial charge in [-0.05, 0) is 30.4 Å². The smallest absolute Gasteiger partial charge is 0.231 e. The van der Waals surface area contributed by atoms with E-state index >= 15 is 0 Å². The number of hydrogen-bond acceptors (Lipinski definition) is 6. The summed E-state index contributed by atoms with van der Waals surface area (Å²) in [4.78, 5) is 28.2. The molecule has 0 aromatic carbocycles.